The third-order valence-corrected chi connectivity index (χ3v) is 9.66. The zero-order chi connectivity index (χ0) is 27.1. The molecule has 2 aliphatic heterocycles. The summed E-state index contributed by atoms with van der Waals surface area (Å²) in [6, 6.07) is 10.0. The van der Waals surface area contributed by atoms with E-state index in [0.717, 1.165) is 60.2 Å². The van der Waals surface area contributed by atoms with Gasteiger partial charge in [-0.2, -0.15) is 0 Å². The third kappa shape index (κ3) is 5.30. The fraction of sp³-hybridized carbons (Fsp3) is 0.444. The molecule has 4 heterocycles. The first-order valence-corrected chi connectivity index (χ1v) is 14.8. The highest BCUT2D eigenvalue weighted by Crippen LogP contribution is 2.41. The summed E-state index contributed by atoms with van der Waals surface area (Å²) >= 11 is 6.39. The van der Waals surface area contributed by atoms with Crippen LogP contribution in [0.25, 0.3) is 0 Å². The fourth-order valence-corrected chi connectivity index (χ4v) is 6.20. The summed E-state index contributed by atoms with van der Waals surface area (Å²) in [5.41, 5.74) is 5.25. The zero-order valence-corrected chi connectivity index (χ0v) is 23.8. The Morgan fingerprint density at radius 1 is 1.13 bits per heavy atom. The van der Waals surface area contributed by atoms with E-state index in [1.54, 1.807) is 26.6 Å². The minimum atomic E-state index is -3.28. The SMILES string of the molecule is CN(C)S(=O)(=O)CCN1CCC(C)(C)c2ccc(Nc3ncnc4c3CCN(c3ncccc3Cl)C4)cc21. The molecule has 0 bridgehead atoms. The number of pyridine rings is 1. The number of anilines is 4. The van der Waals surface area contributed by atoms with Gasteiger partial charge in [-0.3, -0.25) is 0 Å². The van der Waals surface area contributed by atoms with Gasteiger partial charge in [0.15, 0.2) is 0 Å². The Bertz CT molecular complexity index is 1450. The third-order valence-electron chi connectivity index (χ3n) is 7.56. The van der Waals surface area contributed by atoms with Gasteiger partial charge in [-0.25, -0.2) is 27.7 Å². The molecule has 0 saturated carbocycles. The molecule has 0 saturated heterocycles. The quantitative estimate of drug-likeness (QED) is 0.463. The molecule has 5 rings (SSSR count). The molecule has 9 nitrogen and oxygen atoms in total. The van der Waals surface area contributed by atoms with Gasteiger partial charge in [-0.1, -0.05) is 31.5 Å². The average molecular weight is 556 g/mol. The van der Waals surface area contributed by atoms with Crippen LogP contribution in [0.1, 0.15) is 37.1 Å². The lowest BCUT2D eigenvalue weighted by Crippen LogP contribution is -2.41. The first kappa shape index (κ1) is 26.6. The summed E-state index contributed by atoms with van der Waals surface area (Å²) in [6.07, 6.45) is 5.06. The molecule has 0 fully saturated rings. The molecule has 1 aromatic carbocycles. The smallest absolute Gasteiger partial charge is 0.215 e. The Morgan fingerprint density at radius 2 is 1.95 bits per heavy atom. The largest absolute Gasteiger partial charge is 0.370 e. The molecule has 3 aromatic rings. The second-order valence-corrected chi connectivity index (χ2v) is 13.4. The number of nitrogens with zero attached hydrogens (tertiary/aromatic N) is 6. The first-order chi connectivity index (χ1) is 18.0. The molecule has 0 atom stereocenters. The molecule has 11 heteroatoms. The van der Waals surface area contributed by atoms with E-state index in [1.165, 1.54) is 9.87 Å². The molecule has 2 aromatic heterocycles. The standard InChI is InChI=1S/C27H34ClN7O2S/c1-27(2)10-13-34(14-15-38(36,37)33(3)4)24-16-19(7-8-21(24)27)32-25-20-9-12-35(17-23(20)30-18-31-25)26-22(28)6-5-11-29-26/h5-8,11,16,18H,9-10,12-15,17H2,1-4H3,(H,30,31,32). The molecule has 0 unspecified atom stereocenters. The van der Waals surface area contributed by atoms with Crippen LogP contribution >= 0.6 is 11.6 Å². The van der Waals surface area contributed by atoms with Crippen LogP contribution < -0.4 is 15.1 Å². The number of benzene rings is 1. The van der Waals surface area contributed by atoms with Gasteiger partial charge < -0.3 is 15.1 Å². The van der Waals surface area contributed by atoms with E-state index in [1.807, 2.05) is 12.1 Å². The van der Waals surface area contributed by atoms with Crippen LogP contribution in [0.4, 0.5) is 23.0 Å². The van der Waals surface area contributed by atoms with Gasteiger partial charge in [0, 0.05) is 56.9 Å². The molecule has 0 amide bonds. The maximum Gasteiger partial charge on any atom is 0.215 e. The van der Waals surface area contributed by atoms with Crippen molar-refractivity contribution in [3.63, 3.8) is 0 Å². The second-order valence-electron chi connectivity index (χ2n) is 10.7. The Labute approximate surface area is 229 Å². The summed E-state index contributed by atoms with van der Waals surface area (Å²) in [4.78, 5) is 17.9. The molecule has 0 spiro atoms. The Hall–Kier alpha value is -2.95. The van der Waals surface area contributed by atoms with Crippen LogP contribution in [-0.2, 0) is 28.4 Å². The number of hydrogen-bond acceptors (Lipinski definition) is 8. The number of nitrogens with one attached hydrogen (secondary N) is 1. The highest BCUT2D eigenvalue weighted by atomic mass is 35.5. The number of fused-ring (bicyclic) bond motifs is 2. The normalized spacial score (nSPS) is 16.8. The van der Waals surface area contributed by atoms with Gasteiger partial charge in [-0.05, 0) is 48.1 Å². The first-order valence-electron chi connectivity index (χ1n) is 12.8. The zero-order valence-electron chi connectivity index (χ0n) is 22.3. The summed E-state index contributed by atoms with van der Waals surface area (Å²) in [5, 5.41) is 4.15. The van der Waals surface area contributed by atoms with Crippen LogP contribution in [-0.4, -0.2) is 67.2 Å². The van der Waals surface area contributed by atoms with Crippen molar-refractivity contribution >= 4 is 44.6 Å². The van der Waals surface area contributed by atoms with Gasteiger partial charge in [0.05, 0.1) is 23.0 Å². The monoisotopic (exact) mass is 555 g/mol. The lowest BCUT2D eigenvalue weighted by molar-refractivity contribution is 0.455. The number of halogens is 1. The van der Waals surface area contributed by atoms with Crippen molar-refractivity contribution in [2.24, 2.45) is 0 Å². The van der Waals surface area contributed by atoms with Crippen LogP contribution in [0.15, 0.2) is 42.9 Å². The van der Waals surface area contributed by atoms with E-state index in [0.29, 0.717) is 18.1 Å². The average Bonchev–Trinajstić information content (AvgIpc) is 2.88. The van der Waals surface area contributed by atoms with E-state index >= 15 is 0 Å². The number of sulfonamides is 1. The molecule has 202 valence electrons. The van der Waals surface area contributed by atoms with Crippen LogP contribution in [0, 0.1) is 0 Å². The van der Waals surface area contributed by atoms with E-state index in [2.05, 4.69) is 62.1 Å². The summed E-state index contributed by atoms with van der Waals surface area (Å²) in [5.74, 6) is 1.63. The molecule has 0 radical (unpaired) electrons. The van der Waals surface area contributed by atoms with Crippen molar-refractivity contribution in [2.75, 3.05) is 54.6 Å². The highest BCUT2D eigenvalue weighted by molar-refractivity contribution is 7.89. The minimum Gasteiger partial charge on any atom is -0.370 e. The second kappa shape index (κ2) is 10.3. The van der Waals surface area contributed by atoms with Gasteiger partial charge in [0.2, 0.25) is 10.0 Å². The van der Waals surface area contributed by atoms with Crippen molar-refractivity contribution in [3.8, 4) is 0 Å². The van der Waals surface area contributed by atoms with Crippen molar-refractivity contribution in [1.29, 1.82) is 0 Å². The topological polar surface area (TPSA) is 94.6 Å². The van der Waals surface area contributed by atoms with Crippen molar-refractivity contribution in [3.05, 3.63) is 64.7 Å². The van der Waals surface area contributed by atoms with Crippen molar-refractivity contribution in [2.45, 2.75) is 38.6 Å². The molecule has 0 aliphatic carbocycles. The number of rotatable bonds is 7. The van der Waals surface area contributed by atoms with Gasteiger partial charge in [0.25, 0.3) is 0 Å². The lowest BCUT2D eigenvalue weighted by Gasteiger charge is -2.40. The van der Waals surface area contributed by atoms with Crippen LogP contribution in [0.2, 0.25) is 5.02 Å². The van der Waals surface area contributed by atoms with Crippen molar-refractivity contribution in [1.82, 2.24) is 19.3 Å². The maximum atomic E-state index is 12.4. The number of aromatic nitrogens is 3. The Morgan fingerprint density at radius 3 is 2.71 bits per heavy atom. The molecule has 1 N–H and O–H groups in total. The number of hydrogen-bond donors (Lipinski definition) is 1. The lowest BCUT2D eigenvalue weighted by atomic mass is 9.77. The minimum absolute atomic E-state index is 0.00900. The predicted octanol–water partition coefficient (Wildman–Crippen LogP) is 4.21. The van der Waals surface area contributed by atoms with Gasteiger partial charge >= 0.3 is 0 Å². The van der Waals surface area contributed by atoms with E-state index in [9.17, 15) is 8.42 Å². The molecular formula is C27H34ClN7O2S. The summed E-state index contributed by atoms with van der Waals surface area (Å²) in [6.45, 7) is 7.11. The van der Waals surface area contributed by atoms with Gasteiger partial charge in [-0.15, -0.1) is 0 Å². The fourth-order valence-electron chi connectivity index (χ4n) is 5.14. The van der Waals surface area contributed by atoms with E-state index in [4.69, 9.17) is 11.6 Å². The summed E-state index contributed by atoms with van der Waals surface area (Å²) < 4.78 is 26.2. The van der Waals surface area contributed by atoms with Gasteiger partial charge in [0.1, 0.15) is 18.0 Å². The van der Waals surface area contributed by atoms with E-state index < -0.39 is 10.0 Å². The molecular weight excluding hydrogens is 522 g/mol. The Kier molecular flexibility index (Phi) is 7.23. The van der Waals surface area contributed by atoms with E-state index in [-0.39, 0.29) is 11.2 Å². The van der Waals surface area contributed by atoms with Crippen molar-refractivity contribution < 1.29 is 8.42 Å². The highest BCUT2D eigenvalue weighted by Gasteiger charge is 2.32. The maximum absolute atomic E-state index is 12.4. The Balaban J connectivity index is 1.40. The summed E-state index contributed by atoms with van der Waals surface area (Å²) in [7, 11) is -0.122. The molecule has 2 aliphatic rings. The predicted molar refractivity (Wildman–Crippen MR) is 153 cm³/mol. The van der Waals surface area contributed by atoms with Crippen LogP contribution in [0.3, 0.4) is 0 Å². The molecule has 38 heavy (non-hydrogen) atoms. The van der Waals surface area contributed by atoms with Crippen LogP contribution in [0.5, 0.6) is 0 Å².